The van der Waals surface area contributed by atoms with E-state index in [1.807, 2.05) is 12.4 Å². The Morgan fingerprint density at radius 1 is 1.17 bits per heavy atom. The summed E-state index contributed by atoms with van der Waals surface area (Å²) in [6.45, 7) is 0.504. The fraction of sp³-hybridized carbons (Fsp3) is 0.333. The molecule has 0 radical (unpaired) electrons. The Bertz CT molecular complexity index is 739. The first kappa shape index (κ1) is 16.1. The van der Waals surface area contributed by atoms with Crippen molar-refractivity contribution < 1.29 is 14.7 Å². The molecule has 1 aliphatic carbocycles. The van der Waals surface area contributed by atoms with E-state index in [0.29, 0.717) is 24.4 Å². The van der Waals surface area contributed by atoms with Crippen molar-refractivity contribution in [2.24, 2.45) is 0 Å². The number of amides is 1. The van der Waals surface area contributed by atoms with Gasteiger partial charge in [-0.3, -0.25) is 4.79 Å². The molecule has 0 aliphatic heterocycles. The Morgan fingerprint density at radius 2 is 1.92 bits per heavy atom. The maximum atomic E-state index is 11.9. The molecule has 1 aromatic heterocycles. The van der Waals surface area contributed by atoms with Crippen molar-refractivity contribution in [3.63, 3.8) is 0 Å². The molecular weight excluding hydrogens is 306 g/mol. The van der Waals surface area contributed by atoms with Crippen LogP contribution in [0, 0.1) is 0 Å². The van der Waals surface area contributed by atoms with Gasteiger partial charge in [0.15, 0.2) is 0 Å². The van der Waals surface area contributed by atoms with Crippen LogP contribution in [0.4, 0.5) is 0 Å². The molecule has 6 heteroatoms. The van der Waals surface area contributed by atoms with Gasteiger partial charge in [-0.2, -0.15) is 0 Å². The summed E-state index contributed by atoms with van der Waals surface area (Å²) in [4.78, 5) is 31.6. The van der Waals surface area contributed by atoms with Crippen molar-refractivity contribution in [2.45, 2.75) is 31.6 Å². The minimum Gasteiger partial charge on any atom is -0.478 e. The van der Waals surface area contributed by atoms with Crippen molar-refractivity contribution in [1.82, 2.24) is 15.3 Å². The summed E-state index contributed by atoms with van der Waals surface area (Å²) in [5, 5.41) is 11.8. The van der Waals surface area contributed by atoms with Gasteiger partial charge in [-0.25, -0.2) is 14.8 Å². The summed E-state index contributed by atoms with van der Waals surface area (Å²) in [6, 6.07) is 6.42. The second-order valence-corrected chi connectivity index (χ2v) is 6.01. The molecule has 0 atom stereocenters. The van der Waals surface area contributed by atoms with Crippen LogP contribution in [0.15, 0.2) is 36.7 Å². The van der Waals surface area contributed by atoms with Crippen LogP contribution in [0.3, 0.4) is 0 Å². The van der Waals surface area contributed by atoms with Gasteiger partial charge in [0.1, 0.15) is 5.82 Å². The van der Waals surface area contributed by atoms with E-state index in [1.165, 1.54) is 25.0 Å². The van der Waals surface area contributed by atoms with Gasteiger partial charge in [0, 0.05) is 24.9 Å². The zero-order chi connectivity index (χ0) is 16.9. The van der Waals surface area contributed by atoms with Gasteiger partial charge in [0.25, 0.3) is 0 Å². The fourth-order valence-corrected chi connectivity index (χ4v) is 2.45. The molecule has 0 unspecified atom stereocenters. The summed E-state index contributed by atoms with van der Waals surface area (Å²) < 4.78 is 0. The standard InChI is InChI=1S/C18H19N3O3/c22-16(9-12-2-1-3-15(8-12)18(23)24)19-7-6-13-10-20-17(21-11-13)14-4-5-14/h1-3,8,10-11,14H,4-7,9H2,(H,19,22)(H,23,24). The number of aromatic carboxylic acids is 1. The summed E-state index contributed by atoms with van der Waals surface area (Å²) in [5.41, 5.74) is 1.87. The number of benzene rings is 1. The molecule has 1 saturated carbocycles. The van der Waals surface area contributed by atoms with Gasteiger partial charge in [0.2, 0.25) is 5.91 Å². The Hall–Kier alpha value is -2.76. The number of hydrogen-bond donors (Lipinski definition) is 2. The van der Waals surface area contributed by atoms with E-state index >= 15 is 0 Å². The topological polar surface area (TPSA) is 92.2 Å². The van der Waals surface area contributed by atoms with E-state index in [4.69, 9.17) is 5.11 Å². The maximum absolute atomic E-state index is 11.9. The molecule has 24 heavy (non-hydrogen) atoms. The molecule has 1 heterocycles. The molecule has 0 spiro atoms. The van der Waals surface area contributed by atoms with Crippen molar-refractivity contribution >= 4 is 11.9 Å². The van der Waals surface area contributed by atoms with Gasteiger partial charge >= 0.3 is 5.97 Å². The molecule has 0 bridgehead atoms. The third-order valence-electron chi connectivity index (χ3n) is 3.94. The first-order valence-corrected chi connectivity index (χ1v) is 8.01. The zero-order valence-corrected chi connectivity index (χ0v) is 13.2. The van der Waals surface area contributed by atoms with Gasteiger partial charge < -0.3 is 10.4 Å². The summed E-state index contributed by atoms with van der Waals surface area (Å²) in [7, 11) is 0. The Kier molecular flexibility index (Phi) is 4.84. The molecule has 3 rings (SSSR count). The Morgan fingerprint density at radius 3 is 2.58 bits per heavy atom. The molecule has 1 amide bonds. The number of nitrogens with one attached hydrogen (secondary N) is 1. The highest BCUT2D eigenvalue weighted by Crippen LogP contribution is 2.37. The normalized spacial score (nSPS) is 13.5. The smallest absolute Gasteiger partial charge is 0.335 e. The largest absolute Gasteiger partial charge is 0.478 e. The van der Waals surface area contributed by atoms with Gasteiger partial charge in [-0.1, -0.05) is 12.1 Å². The highest BCUT2D eigenvalue weighted by atomic mass is 16.4. The second kappa shape index (κ2) is 7.21. The predicted octanol–water partition coefficient (Wildman–Crippen LogP) is 1.95. The van der Waals surface area contributed by atoms with E-state index in [2.05, 4.69) is 15.3 Å². The molecule has 0 saturated heterocycles. The van der Waals surface area contributed by atoms with Crippen LogP contribution in [-0.2, 0) is 17.6 Å². The first-order valence-electron chi connectivity index (χ1n) is 8.01. The quantitative estimate of drug-likeness (QED) is 0.812. The van der Waals surface area contributed by atoms with Crippen LogP contribution >= 0.6 is 0 Å². The number of carbonyl (C=O) groups is 2. The fourth-order valence-electron chi connectivity index (χ4n) is 2.45. The molecule has 2 aromatic rings. The highest BCUT2D eigenvalue weighted by Gasteiger charge is 2.25. The lowest BCUT2D eigenvalue weighted by atomic mass is 10.1. The molecule has 1 aromatic carbocycles. The number of aromatic nitrogens is 2. The molecule has 124 valence electrons. The number of rotatable bonds is 7. The van der Waals surface area contributed by atoms with Gasteiger partial charge in [0.05, 0.1) is 12.0 Å². The van der Waals surface area contributed by atoms with E-state index < -0.39 is 5.97 Å². The minimum atomic E-state index is -0.994. The lowest BCUT2D eigenvalue weighted by Crippen LogP contribution is -2.27. The number of hydrogen-bond acceptors (Lipinski definition) is 4. The van der Waals surface area contributed by atoms with Crippen LogP contribution in [0.1, 0.15) is 46.1 Å². The van der Waals surface area contributed by atoms with Crippen LogP contribution in [0.25, 0.3) is 0 Å². The van der Waals surface area contributed by atoms with Crippen LogP contribution < -0.4 is 5.32 Å². The summed E-state index contributed by atoms with van der Waals surface area (Å²) >= 11 is 0. The third kappa shape index (κ3) is 4.38. The van der Waals surface area contributed by atoms with Gasteiger partial charge in [-0.05, 0) is 42.5 Å². The van der Waals surface area contributed by atoms with E-state index in [0.717, 1.165) is 11.4 Å². The second-order valence-electron chi connectivity index (χ2n) is 6.01. The van der Waals surface area contributed by atoms with Crippen molar-refractivity contribution in [3.05, 3.63) is 59.2 Å². The number of carboxylic acids is 1. The minimum absolute atomic E-state index is 0.131. The lowest BCUT2D eigenvalue weighted by molar-refractivity contribution is -0.120. The maximum Gasteiger partial charge on any atom is 0.335 e. The van der Waals surface area contributed by atoms with E-state index in [-0.39, 0.29) is 17.9 Å². The van der Waals surface area contributed by atoms with Crippen LogP contribution in [0.2, 0.25) is 0 Å². The van der Waals surface area contributed by atoms with Crippen LogP contribution in [-0.4, -0.2) is 33.5 Å². The molecule has 1 fully saturated rings. The summed E-state index contributed by atoms with van der Waals surface area (Å²) in [6.07, 6.45) is 6.84. The van der Waals surface area contributed by atoms with Crippen LogP contribution in [0.5, 0.6) is 0 Å². The third-order valence-corrected chi connectivity index (χ3v) is 3.94. The SMILES string of the molecule is O=C(Cc1cccc(C(=O)O)c1)NCCc1cnc(C2CC2)nc1. The van der Waals surface area contributed by atoms with Crippen molar-refractivity contribution in [1.29, 1.82) is 0 Å². The monoisotopic (exact) mass is 325 g/mol. The first-order chi connectivity index (χ1) is 11.6. The highest BCUT2D eigenvalue weighted by molar-refractivity contribution is 5.88. The van der Waals surface area contributed by atoms with Crippen molar-refractivity contribution in [3.8, 4) is 0 Å². The number of carbonyl (C=O) groups excluding carboxylic acids is 1. The Labute approximate surface area is 140 Å². The molecular formula is C18H19N3O3. The number of nitrogens with zero attached hydrogens (tertiary/aromatic N) is 2. The predicted molar refractivity (Wildman–Crippen MR) is 87.8 cm³/mol. The summed E-state index contributed by atoms with van der Waals surface area (Å²) in [5.74, 6) is 0.335. The average molecular weight is 325 g/mol. The zero-order valence-electron chi connectivity index (χ0n) is 13.2. The van der Waals surface area contributed by atoms with Gasteiger partial charge in [-0.15, -0.1) is 0 Å². The lowest BCUT2D eigenvalue weighted by Gasteiger charge is -2.06. The van der Waals surface area contributed by atoms with E-state index in [1.54, 1.807) is 12.1 Å². The number of carboxylic acid groups (broad SMARTS) is 1. The molecule has 6 nitrogen and oxygen atoms in total. The average Bonchev–Trinajstić information content (AvgIpc) is 3.41. The Balaban J connectivity index is 1.45. The molecule has 1 aliphatic rings. The molecule has 2 N–H and O–H groups in total. The van der Waals surface area contributed by atoms with Crippen molar-refractivity contribution in [2.75, 3.05) is 6.54 Å². The van der Waals surface area contributed by atoms with E-state index in [9.17, 15) is 9.59 Å².